The molecule has 0 unspecified atom stereocenters. The van der Waals surface area contributed by atoms with Gasteiger partial charge in [-0.2, -0.15) is 0 Å². The first-order chi connectivity index (χ1) is 5.14. The minimum Gasteiger partial charge on any atom is -0.341 e. The number of hydrogen-bond acceptors (Lipinski definition) is 1. The van der Waals surface area contributed by atoms with Crippen molar-refractivity contribution in [2.45, 2.75) is 38.2 Å². The van der Waals surface area contributed by atoms with E-state index in [-0.39, 0.29) is 10.5 Å². The number of thiol groups is 1. The summed E-state index contributed by atoms with van der Waals surface area (Å²) in [5.41, 5.74) is -3.16. The summed E-state index contributed by atoms with van der Waals surface area (Å²) >= 11 is 9.21. The van der Waals surface area contributed by atoms with Gasteiger partial charge in [0.2, 0.25) is 5.69 Å². The highest BCUT2D eigenvalue weighted by Gasteiger charge is 2.23. The Morgan fingerprint density at radius 1 is 1.17 bits per heavy atom. The second-order valence-corrected chi connectivity index (χ2v) is 15.6. The van der Waals surface area contributed by atoms with Crippen LogP contribution in [0.5, 0.6) is 0 Å². The second kappa shape index (κ2) is 4.20. The van der Waals surface area contributed by atoms with Gasteiger partial charge in [-0.15, -0.1) is 0 Å². The van der Waals surface area contributed by atoms with E-state index in [1.54, 1.807) is 0 Å². The van der Waals surface area contributed by atoms with Crippen LogP contribution in [0, 0.1) is 0 Å². The van der Waals surface area contributed by atoms with Crippen molar-refractivity contribution in [3.05, 3.63) is 0 Å². The normalized spacial score (nSPS) is 14.4. The predicted octanol–water partition coefficient (Wildman–Crippen LogP) is 2.01. The van der Waals surface area contributed by atoms with Crippen molar-refractivity contribution in [2.75, 3.05) is 0 Å². The zero-order valence-corrected chi connectivity index (χ0v) is 11.2. The minimum atomic E-state index is -3.16. The largest absolute Gasteiger partial charge is 0.341 e. The second-order valence-electron chi connectivity index (χ2n) is 3.22. The molecule has 0 aromatic heterocycles. The molecule has 0 fully saturated rings. The lowest BCUT2D eigenvalue weighted by Gasteiger charge is -2.27. The zero-order chi connectivity index (χ0) is 10.2. The van der Waals surface area contributed by atoms with Crippen molar-refractivity contribution in [3.8, 4) is 0 Å². The van der Waals surface area contributed by atoms with Gasteiger partial charge in [0, 0.05) is 10.5 Å². The first-order valence-corrected chi connectivity index (χ1v) is 9.87. The van der Waals surface area contributed by atoms with Crippen molar-refractivity contribution in [3.63, 3.8) is 0 Å². The van der Waals surface area contributed by atoms with Gasteiger partial charge >= 0.3 is 0 Å². The van der Waals surface area contributed by atoms with Crippen LogP contribution in [-0.4, -0.2) is 20.3 Å². The van der Waals surface area contributed by atoms with Crippen LogP contribution in [0.3, 0.4) is 0 Å². The molecule has 0 rings (SSSR count). The first kappa shape index (κ1) is 13.3. The Kier molecular flexibility index (Phi) is 4.64. The maximum Gasteiger partial charge on any atom is 0.203 e. The summed E-state index contributed by atoms with van der Waals surface area (Å²) in [5.74, 6) is 0. The fraction of sp³-hybridized carbons (Fsp3) is 1.00. The van der Waals surface area contributed by atoms with E-state index in [1.165, 1.54) is 0 Å². The Hall–Kier alpha value is 1.27. The van der Waals surface area contributed by atoms with Gasteiger partial charge in [-0.3, -0.25) is 0 Å². The van der Waals surface area contributed by atoms with Crippen molar-refractivity contribution < 1.29 is 9.79 Å². The summed E-state index contributed by atoms with van der Waals surface area (Å²) in [7, 11) is -1.82. The van der Waals surface area contributed by atoms with Gasteiger partial charge in [-0.25, -0.2) is 0 Å². The number of hydrogen-bond donors (Lipinski definition) is 3. The molecule has 2 N–H and O–H groups in total. The molecule has 0 amide bonds. The topological polar surface area (TPSA) is 40.5 Å². The molecule has 0 aliphatic rings. The SMILES string of the molecule is CC(C)S(=S)(C(C)C)=P(O)(O)S. The molecular formula is C6H17O2PS3. The summed E-state index contributed by atoms with van der Waals surface area (Å²) in [6, 6.07) is 0. The highest BCUT2D eigenvalue weighted by atomic mass is 33.1. The van der Waals surface area contributed by atoms with E-state index in [1.807, 2.05) is 27.7 Å². The lowest BCUT2D eigenvalue weighted by Crippen LogP contribution is -2.22. The lowest BCUT2D eigenvalue weighted by atomic mass is 10.6. The van der Waals surface area contributed by atoms with Gasteiger partial charge in [0.15, 0.2) is 0 Å². The van der Waals surface area contributed by atoms with E-state index in [9.17, 15) is 9.79 Å². The third-order valence-corrected chi connectivity index (χ3v) is 17.6. The van der Waals surface area contributed by atoms with E-state index in [0.717, 1.165) is 0 Å². The van der Waals surface area contributed by atoms with Crippen LogP contribution in [0.15, 0.2) is 0 Å². The standard InChI is InChI=1S/C6H17O2PS3/c1-5(2)12(11,6(3)4)9(7,8)10/h5-8,10H,1-4H3. The Morgan fingerprint density at radius 2 is 1.42 bits per heavy atom. The van der Waals surface area contributed by atoms with Gasteiger partial charge < -0.3 is 9.79 Å². The summed E-state index contributed by atoms with van der Waals surface area (Å²) < 4.78 is 0. The Balaban J connectivity index is 5.69. The maximum absolute atomic E-state index is 9.54. The van der Waals surface area contributed by atoms with E-state index >= 15 is 0 Å². The van der Waals surface area contributed by atoms with Gasteiger partial charge in [0.1, 0.15) is 0 Å². The average molecular weight is 248 g/mol. The smallest absolute Gasteiger partial charge is 0.203 e. The molecule has 0 aliphatic carbocycles. The molecule has 0 bridgehead atoms. The average Bonchev–Trinajstić information content (AvgIpc) is 1.82. The van der Waals surface area contributed by atoms with E-state index in [0.29, 0.717) is 0 Å². The van der Waals surface area contributed by atoms with Gasteiger partial charge in [0.25, 0.3) is 0 Å². The fourth-order valence-electron chi connectivity index (χ4n) is 1.11. The molecule has 6 heteroatoms. The maximum atomic E-state index is 9.54. The third kappa shape index (κ3) is 2.40. The van der Waals surface area contributed by atoms with E-state index in [4.69, 9.17) is 11.2 Å². The predicted molar refractivity (Wildman–Crippen MR) is 65.3 cm³/mol. The lowest BCUT2D eigenvalue weighted by molar-refractivity contribution is 0.501. The summed E-state index contributed by atoms with van der Waals surface area (Å²) in [6.45, 7) is 7.72. The van der Waals surface area contributed by atoms with Crippen molar-refractivity contribution in [1.82, 2.24) is 0 Å². The zero-order valence-electron chi connectivity index (χ0n) is 7.76. The van der Waals surface area contributed by atoms with Crippen LogP contribution in [0.1, 0.15) is 27.7 Å². The Bertz CT molecular complexity index is 261. The highest BCUT2D eigenvalue weighted by molar-refractivity contribution is 8.76. The molecule has 76 valence electrons. The molecule has 0 aromatic carbocycles. The highest BCUT2D eigenvalue weighted by Crippen LogP contribution is 2.52. The monoisotopic (exact) mass is 248 g/mol. The Morgan fingerprint density at radius 3 is 1.42 bits per heavy atom. The first-order valence-electron chi connectivity index (χ1n) is 3.73. The van der Waals surface area contributed by atoms with Crippen molar-refractivity contribution in [1.29, 1.82) is 0 Å². The molecule has 0 heterocycles. The summed E-state index contributed by atoms with van der Waals surface area (Å²) in [6.07, 6.45) is 0. The van der Waals surface area contributed by atoms with Crippen molar-refractivity contribution in [2.24, 2.45) is 0 Å². The quantitative estimate of drug-likeness (QED) is 0.517. The fourth-order valence-corrected chi connectivity index (χ4v) is 10.1. The summed E-state index contributed by atoms with van der Waals surface area (Å²) in [5, 5.41) is 0.238. The molecule has 0 saturated heterocycles. The summed E-state index contributed by atoms with van der Waals surface area (Å²) in [4.78, 5) is 19.1. The molecular weight excluding hydrogens is 231 g/mol. The van der Waals surface area contributed by atoms with Gasteiger partial charge in [0.05, 0.1) is 0 Å². The molecule has 0 spiro atoms. The van der Waals surface area contributed by atoms with Crippen LogP contribution in [0.2, 0.25) is 0 Å². The van der Waals surface area contributed by atoms with Gasteiger partial charge in [-0.1, -0.05) is 58.9 Å². The molecule has 12 heavy (non-hydrogen) atoms. The van der Waals surface area contributed by atoms with E-state index < -0.39 is 13.5 Å². The van der Waals surface area contributed by atoms with Crippen molar-refractivity contribution >= 4 is 36.9 Å². The minimum absolute atomic E-state index is 0.119. The molecule has 0 atom stereocenters. The molecule has 0 aliphatic heterocycles. The van der Waals surface area contributed by atoms with Crippen LogP contribution in [0.4, 0.5) is 0 Å². The molecule has 0 radical (unpaired) electrons. The number of rotatable bonds is 2. The van der Waals surface area contributed by atoms with E-state index in [2.05, 4.69) is 12.2 Å². The Labute approximate surface area is 84.9 Å². The van der Waals surface area contributed by atoms with Crippen LogP contribution in [0.25, 0.3) is 0 Å². The van der Waals surface area contributed by atoms with Crippen LogP contribution >= 0.6 is 17.9 Å². The van der Waals surface area contributed by atoms with Crippen LogP contribution < -0.4 is 0 Å². The molecule has 0 saturated carbocycles. The molecule has 2 nitrogen and oxygen atoms in total. The molecule has 0 aromatic rings. The third-order valence-electron chi connectivity index (χ3n) is 1.73. The van der Waals surface area contributed by atoms with Gasteiger partial charge in [-0.05, 0) is 0 Å². The van der Waals surface area contributed by atoms with Crippen LogP contribution in [-0.2, 0) is 19.0 Å².